The van der Waals surface area contributed by atoms with Gasteiger partial charge in [-0.3, -0.25) is 0 Å². The maximum absolute atomic E-state index is 13.5. The zero-order valence-corrected chi connectivity index (χ0v) is 8.81. The molecule has 0 amide bonds. The lowest BCUT2D eigenvalue weighted by Gasteiger charge is -2.14. The highest BCUT2D eigenvalue weighted by Gasteiger charge is 2.73. The third kappa shape index (κ3) is 0.718. The number of nitrogens with one attached hydrogen (secondary N) is 1. The van der Waals surface area contributed by atoms with Crippen LogP contribution >= 0.6 is 0 Å². The maximum Gasteiger partial charge on any atom is 0.141 e. The van der Waals surface area contributed by atoms with Gasteiger partial charge in [0.05, 0.1) is 5.56 Å². The minimum absolute atomic E-state index is 0.197. The van der Waals surface area contributed by atoms with Crippen molar-refractivity contribution in [3.8, 4) is 6.07 Å². The molecular weight excluding hydrogens is 203 g/mol. The summed E-state index contributed by atoms with van der Waals surface area (Å²) >= 11 is 0. The largest absolute Gasteiger partial charge is 0.315 e. The minimum atomic E-state index is -0.360. The fourth-order valence-corrected chi connectivity index (χ4v) is 3.96. The summed E-state index contributed by atoms with van der Waals surface area (Å²) in [5.74, 6) is -0.360. The van der Waals surface area contributed by atoms with Gasteiger partial charge >= 0.3 is 0 Å². The summed E-state index contributed by atoms with van der Waals surface area (Å²) in [4.78, 5) is 0. The van der Waals surface area contributed by atoms with Crippen LogP contribution in [0.1, 0.15) is 23.1 Å². The molecule has 0 radical (unpaired) electrons. The number of nitrogens with zero attached hydrogens (tertiary/aromatic N) is 1. The van der Waals surface area contributed by atoms with Crippen molar-refractivity contribution in [2.75, 3.05) is 13.1 Å². The molecule has 0 aromatic heterocycles. The average Bonchev–Trinajstić information content (AvgIpc) is 2.65. The first-order valence-corrected chi connectivity index (χ1v) is 5.65. The highest BCUT2D eigenvalue weighted by Crippen LogP contribution is 2.72. The van der Waals surface area contributed by atoms with Crippen LogP contribution in [0, 0.1) is 22.6 Å². The van der Waals surface area contributed by atoms with Crippen molar-refractivity contribution in [1.29, 1.82) is 5.26 Å². The van der Waals surface area contributed by atoms with Crippen molar-refractivity contribution in [2.24, 2.45) is 5.41 Å². The molecule has 0 spiro atoms. The number of piperidine rings is 1. The number of rotatable bonds is 0. The van der Waals surface area contributed by atoms with Crippen molar-refractivity contribution < 1.29 is 4.39 Å². The lowest BCUT2D eigenvalue weighted by atomic mass is 9.93. The van der Waals surface area contributed by atoms with Crippen LogP contribution in [-0.4, -0.2) is 13.1 Å². The normalized spacial score (nSPS) is 37.5. The van der Waals surface area contributed by atoms with E-state index >= 15 is 0 Å². The van der Waals surface area contributed by atoms with E-state index < -0.39 is 0 Å². The van der Waals surface area contributed by atoms with Gasteiger partial charge in [0.15, 0.2) is 0 Å². The van der Waals surface area contributed by atoms with Crippen molar-refractivity contribution in [1.82, 2.24) is 5.32 Å². The first-order chi connectivity index (χ1) is 7.71. The second-order valence-electron chi connectivity index (χ2n) is 5.42. The Morgan fingerprint density at radius 3 is 3.06 bits per heavy atom. The SMILES string of the molecule is N#Cc1cc2c(cc1F)CC13CNCC21C3. The highest BCUT2D eigenvalue weighted by molar-refractivity contribution is 5.56. The third-order valence-electron chi connectivity index (χ3n) is 4.78. The van der Waals surface area contributed by atoms with Crippen molar-refractivity contribution >= 4 is 0 Å². The van der Waals surface area contributed by atoms with Gasteiger partial charge in [0.1, 0.15) is 11.9 Å². The summed E-state index contributed by atoms with van der Waals surface area (Å²) in [6.07, 6.45) is 2.20. The second-order valence-corrected chi connectivity index (χ2v) is 5.42. The molecule has 2 fully saturated rings. The van der Waals surface area contributed by atoms with Crippen molar-refractivity contribution in [2.45, 2.75) is 18.3 Å². The smallest absolute Gasteiger partial charge is 0.141 e. The molecule has 1 aromatic rings. The molecule has 1 heterocycles. The van der Waals surface area contributed by atoms with E-state index in [1.54, 1.807) is 12.1 Å². The number of benzene rings is 1. The lowest BCUT2D eigenvalue weighted by molar-refractivity contribution is 0.521. The van der Waals surface area contributed by atoms with Crippen LogP contribution in [0.4, 0.5) is 4.39 Å². The summed E-state index contributed by atoms with van der Waals surface area (Å²) in [5, 5.41) is 12.3. The molecule has 2 nitrogen and oxygen atoms in total. The standard InChI is InChI=1S/C13H11FN2/c14-11-2-8-3-12-5-13(12,7-16-6-12)10(8)1-9(11)4-15/h1-2,16H,3,5-7H2. The van der Waals surface area contributed by atoms with E-state index in [0.29, 0.717) is 5.41 Å². The Labute approximate surface area is 93.1 Å². The molecule has 80 valence electrons. The van der Waals surface area contributed by atoms with Gasteiger partial charge in [-0.25, -0.2) is 4.39 Å². The van der Waals surface area contributed by atoms with Crippen LogP contribution in [0.25, 0.3) is 0 Å². The molecule has 16 heavy (non-hydrogen) atoms. The van der Waals surface area contributed by atoms with E-state index in [1.165, 1.54) is 12.0 Å². The molecule has 3 heteroatoms. The van der Waals surface area contributed by atoms with E-state index in [2.05, 4.69) is 5.32 Å². The molecule has 1 N–H and O–H groups in total. The second kappa shape index (κ2) is 2.31. The minimum Gasteiger partial charge on any atom is -0.315 e. The average molecular weight is 214 g/mol. The fraction of sp³-hybridized carbons (Fsp3) is 0.462. The molecule has 1 saturated heterocycles. The molecule has 2 unspecified atom stereocenters. The van der Waals surface area contributed by atoms with Crippen molar-refractivity contribution in [3.05, 3.63) is 34.6 Å². The number of hydrogen-bond donors (Lipinski definition) is 1. The Kier molecular flexibility index (Phi) is 1.26. The Bertz CT molecular complexity index is 556. The maximum atomic E-state index is 13.5. The zero-order valence-electron chi connectivity index (χ0n) is 8.81. The molecule has 1 saturated carbocycles. The fourth-order valence-electron chi connectivity index (χ4n) is 3.96. The number of nitriles is 1. The van der Waals surface area contributed by atoms with E-state index in [0.717, 1.165) is 25.1 Å². The highest BCUT2D eigenvalue weighted by atomic mass is 19.1. The summed E-state index contributed by atoms with van der Waals surface area (Å²) in [5.41, 5.74) is 3.15. The molecule has 1 aliphatic heterocycles. The Hall–Kier alpha value is -1.40. The van der Waals surface area contributed by atoms with Gasteiger partial charge in [-0.2, -0.15) is 5.26 Å². The van der Waals surface area contributed by atoms with E-state index in [9.17, 15) is 4.39 Å². The number of hydrogen-bond acceptors (Lipinski definition) is 2. The van der Waals surface area contributed by atoms with Gasteiger partial charge < -0.3 is 5.32 Å². The molecule has 0 bridgehead atoms. The Balaban J connectivity index is 1.96. The summed E-state index contributed by atoms with van der Waals surface area (Å²) in [6, 6.07) is 5.31. The summed E-state index contributed by atoms with van der Waals surface area (Å²) in [6.45, 7) is 2.04. The topological polar surface area (TPSA) is 35.8 Å². The lowest BCUT2D eigenvalue weighted by Crippen LogP contribution is -2.21. The van der Waals surface area contributed by atoms with E-state index in [-0.39, 0.29) is 16.8 Å². The van der Waals surface area contributed by atoms with Crippen LogP contribution in [0.2, 0.25) is 0 Å². The van der Waals surface area contributed by atoms with Gasteiger partial charge in [0.2, 0.25) is 0 Å². The number of fused-ring (bicyclic) bond motifs is 1. The quantitative estimate of drug-likeness (QED) is 0.710. The monoisotopic (exact) mass is 214 g/mol. The van der Waals surface area contributed by atoms with Gasteiger partial charge in [0, 0.05) is 18.5 Å². The predicted molar refractivity (Wildman–Crippen MR) is 56.4 cm³/mol. The van der Waals surface area contributed by atoms with Crippen molar-refractivity contribution in [3.63, 3.8) is 0 Å². The Morgan fingerprint density at radius 1 is 1.38 bits per heavy atom. The van der Waals surface area contributed by atoms with Crippen LogP contribution in [0.3, 0.4) is 0 Å². The Morgan fingerprint density at radius 2 is 2.25 bits per heavy atom. The van der Waals surface area contributed by atoms with Crippen LogP contribution in [0.5, 0.6) is 0 Å². The van der Waals surface area contributed by atoms with E-state index in [1.807, 2.05) is 6.07 Å². The van der Waals surface area contributed by atoms with Crippen LogP contribution in [0.15, 0.2) is 12.1 Å². The first kappa shape index (κ1) is 8.72. The number of halogens is 1. The van der Waals surface area contributed by atoms with Gasteiger partial charge in [0.25, 0.3) is 0 Å². The molecule has 3 aliphatic rings. The molecular formula is C13H11FN2. The van der Waals surface area contributed by atoms with Gasteiger partial charge in [-0.05, 0) is 41.5 Å². The van der Waals surface area contributed by atoms with E-state index in [4.69, 9.17) is 5.26 Å². The predicted octanol–water partition coefficient (Wildman–Crippen LogP) is 1.48. The van der Waals surface area contributed by atoms with Crippen LogP contribution in [-0.2, 0) is 11.8 Å². The molecule has 2 aliphatic carbocycles. The zero-order chi connectivity index (χ0) is 11.0. The summed E-state index contributed by atoms with van der Waals surface area (Å²) in [7, 11) is 0. The van der Waals surface area contributed by atoms with Gasteiger partial charge in [-0.15, -0.1) is 0 Å². The molecule has 4 rings (SSSR count). The summed E-state index contributed by atoms with van der Waals surface area (Å²) < 4.78 is 13.5. The van der Waals surface area contributed by atoms with Crippen LogP contribution < -0.4 is 5.32 Å². The molecule has 2 atom stereocenters. The third-order valence-corrected chi connectivity index (χ3v) is 4.78. The first-order valence-electron chi connectivity index (χ1n) is 5.65. The molecule has 1 aromatic carbocycles. The van der Waals surface area contributed by atoms with Gasteiger partial charge in [-0.1, -0.05) is 0 Å².